The summed E-state index contributed by atoms with van der Waals surface area (Å²) in [4.78, 5) is 15.3. The normalized spacial score (nSPS) is 23.7. The highest BCUT2D eigenvalue weighted by Crippen LogP contribution is 2.04. The number of hydrogen-bond acceptors (Lipinski definition) is 3. The van der Waals surface area contributed by atoms with Crippen molar-refractivity contribution in [3.05, 3.63) is 0 Å². The highest BCUT2D eigenvalue weighted by atomic mass is 16.2. The van der Waals surface area contributed by atoms with Gasteiger partial charge in [-0.3, -0.25) is 4.79 Å². The number of amides is 1. The Hall–Kier alpha value is -0.610. The van der Waals surface area contributed by atoms with Crippen LogP contribution in [0.3, 0.4) is 0 Å². The van der Waals surface area contributed by atoms with E-state index in [-0.39, 0.29) is 5.91 Å². The van der Waals surface area contributed by atoms with Crippen molar-refractivity contribution >= 4 is 5.91 Å². The Kier molecular flexibility index (Phi) is 3.69. The van der Waals surface area contributed by atoms with E-state index >= 15 is 0 Å². The fourth-order valence-corrected chi connectivity index (χ4v) is 1.76. The molecular weight excluding hydrogens is 166 g/mol. The molecule has 1 heterocycles. The largest absolute Gasteiger partial charge is 0.336 e. The van der Waals surface area contributed by atoms with Crippen LogP contribution in [0.4, 0.5) is 0 Å². The molecule has 1 amide bonds. The molecule has 1 aliphatic heterocycles. The number of likely N-dealkylation sites (N-methyl/N-ethyl adjacent to an activating group) is 1. The van der Waals surface area contributed by atoms with E-state index in [1.807, 2.05) is 19.0 Å². The van der Waals surface area contributed by atoms with Gasteiger partial charge in [0.1, 0.15) is 0 Å². The summed E-state index contributed by atoms with van der Waals surface area (Å²) in [7, 11) is 4.07. The Balaban J connectivity index is 2.51. The van der Waals surface area contributed by atoms with Crippen molar-refractivity contribution in [2.45, 2.75) is 13.0 Å². The minimum Gasteiger partial charge on any atom is -0.336 e. The van der Waals surface area contributed by atoms with E-state index in [4.69, 9.17) is 0 Å². The van der Waals surface area contributed by atoms with Gasteiger partial charge in [0.25, 0.3) is 0 Å². The van der Waals surface area contributed by atoms with Gasteiger partial charge in [-0.2, -0.15) is 0 Å². The Morgan fingerprint density at radius 1 is 1.62 bits per heavy atom. The van der Waals surface area contributed by atoms with Crippen LogP contribution >= 0.6 is 0 Å². The average molecular weight is 185 g/mol. The third kappa shape index (κ3) is 2.97. The first kappa shape index (κ1) is 10.5. The van der Waals surface area contributed by atoms with Crippen LogP contribution in [0.2, 0.25) is 0 Å². The van der Waals surface area contributed by atoms with E-state index < -0.39 is 0 Å². The molecular formula is C9H19N3O. The maximum absolute atomic E-state index is 11.3. The summed E-state index contributed by atoms with van der Waals surface area (Å²) >= 11 is 0. The summed E-state index contributed by atoms with van der Waals surface area (Å²) < 4.78 is 0. The predicted molar refractivity (Wildman–Crippen MR) is 52.6 cm³/mol. The molecule has 0 radical (unpaired) electrons. The molecule has 1 saturated heterocycles. The molecule has 1 rings (SSSR count). The van der Waals surface area contributed by atoms with Crippen LogP contribution in [0.25, 0.3) is 0 Å². The van der Waals surface area contributed by atoms with Crippen LogP contribution in [0.5, 0.6) is 0 Å². The molecule has 0 aromatic heterocycles. The molecule has 1 aliphatic rings. The number of nitrogens with one attached hydrogen (secondary N) is 1. The number of carbonyl (C=O) groups excluding carboxylic acids is 1. The lowest BCUT2D eigenvalue weighted by atomic mass is 10.2. The Bertz CT molecular complexity index is 182. The van der Waals surface area contributed by atoms with Gasteiger partial charge in [-0.25, -0.2) is 0 Å². The molecule has 76 valence electrons. The van der Waals surface area contributed by atoms with Gasteiger partial charge in [0, 0.05) is 33.1 Å². The summed E-state index contributed by atoms with van der Waals surface area (Å²) in [5.74, 6) is 0.188. The van der Waals surface area contributed by atoms with Gasteiger partial charge in [-0.05, 0) is 14.1 Å². The Morgan fingerprint density at radius 3 is 2.85 bits per heavy atom. The summed E-state index contributed by atoms with van der Waals surface area (Å²) in [5.41, 5.74) is 0. The monoisotopic (exact) mass is 185 g/mol. The second kappa shape index (κ2) is 4.58. The highest BCUT2D eigenvalue weighted by molar-refractivity contribution is 5.73. The SMILES string of the molecule is CC(=O)N1CCNCC1CN(C)C. The topological polar surface area (TPSA) is 35.6 Å². The number of hydrogen-bond donors (Lipinski definition) is 1. The zero-order chi connectivity index (χ0) is 9.84. The highest BCUT2D eigenvalue weighted by Gasteiger charge is 2.24. The Labute approximate surface area is 79.9 Å². The van der Waals surface area contributed by atoms with Crippen LogP contribution in [-0.2, 0) is 4.79 Å². The molecule has 13 heavy (non-hydrogen) atoms. The number of nitrogens with zero attached hydrogens (tertiary/aromatic N) is 2. The molecule has 4 nitrogen and oxygen atoms in total. The molecule has 1 atom stereocenters. The molecule has 1 unspecified atom stereocenters. The van der Waals surface area contributed by atoms with Gasteiger partial charge in [-0.1, -0.05) is 0 Å². The lowest BCUT2D eigenvalue weighted by molar-refractivity contribution is -0.132. The van der Waals surface area contributed by atoms with E-state index in [2.05, 4.69) is 10.2 Å². The van der Waals surface area contributed by atoms with Crippen molar-refractivity contribution in [1.82, 2.24) is 15.1 Å². The van der Waals surface area contributed by atoms with Gasteiger partial charge >= 0.3 is 0 Å². The number of piperazine rings is 1. The molecule has 0 aliphatic carbocycles. The zero-order valence-electron chi connectivity index (χ0n) is 8.71. The predicted octanol–water partition coefficient (Wildman–Crippen LogP) is -0.632. The minimum absolute atomic E-state index is 0.188. The average Bonchev–Trinajstić information content (AvgIpc) is 2.03. The molecule has 4 heteroatoms. The van der Waals surface area contributed by atoms with E-state index in [0.717, 1.165) is 26.2 Å². The first-order valence-electron chi connectivity index (χ1n) is 4.74. The lowest BCUT2D eigenvalue weighted by Crippen LogP contribution is -2.56. The molecule has 0 spiro atoms. The van der Waals surface area contributed by atoms with Crippen molar-refractivity contribution in [1.29, 1.82) is 0 Å². The van der Waals surface area contributed by atoms with Crippen molar-refractivity contribution in [3.8, 4) is 0 Å². The second-order valence-corrected chi connectivity index (χ2v) is 3.83. The molecule has 1 N–H and O–H groups in total. The van der Waals surface area contributed by atoms with Crippen molar-refractivity contribution in [2.24, 2.45) is 0 Å². The van der Waals surface area contributed by atoms with Crippen LogP contribution in [0, 0.1) is 0 Å². The van der Waals surface area contributed by atoms with Crippen molar-refractivity contribution < 1.29 is 4.79 Å². The van der Waals surface area contributed by atoms with Gasteiger partial charge in [-0.15, -0.1) is 0 Å². The maximum atomic E-state index is 11.3. The summed E-state index contributed by atoms with van der Waals surface area (Å²) in [6.45, 7) is 5.26. The number of carbonyl (C=O) groups is 1. The van der Waals surface area contributed by atoms with Crippen molar-refractivity contribution in [3.63, 3.8) is 0 Å². The van der Waals surface area contributed by atoms with Crippen LogP contribution < -0.4 is 5.32 Å². The first-order valence-corrected chi connectivity index (χ1v) is 4.74. The first-order chi connectivity index (χ1) is 6.11. The van der Waals surface area contributed by atoms with Gasteiger partial charge < -0.3 is 15.1 Å². The summed E-state index contributed by atoms with van der Waals surface area (Å²) in [6, 6.07) is 0.334. The third-order valence-electron chi connectivity index (χ3n) is 2.33. The quantitative estimate of drug-likeness (QED) is 0.622. The lowest BCUT2D eigenvalue weighted by Gasteiger charge is -2.37. The summed E-state index contributed by atoms with van der Waals surface area (Å²) in [6.07, 6.45) is 0. The fraction of sp³-hybridized carbons (Fsp3) is 0.889. The van der Waals surface area contributed by atoms with E-state index in [1.54, 1.807) is 6.92 Å². The standard InChI is InChI=1S/C9H19N3O/c1-8(13)12-5-4-10-6-9(12)7-11(2)3/h9-10H,4-7H2,1-3H3. The third-order valence-corrected chi connectivity index (χ3v) is 2.33. The van der Waals surface area contributed by atoms with Crippen molar-refractivity contribution in [2.75, 3.05) is 40.3 Å². The van der Waals surface area contributed by atoms with E-state index in [0.29, 0.717) is 6.04 Å². The van der Waals surface area contributed by atoms with E-state index in [9.17, 15) is 4.79 Å². The summed E-state index contributed by atoms with van der Waals surface area (Å²) in [5, 5.41) is 3.30. The maximum Gasteiger partial charge on any atom is 0.219 e. The fourth-order valence-electron chi connectivity index (χ4n) is 1.76. The van der Waals surface area contributed by atoms with Gasteiger partial charge in [0.05, 0.1) is 6.04 Å². The molecule has 0 aromatic rings. The van der Waals surface area contributed by atoms with E-state index in [1.165, 1.54) is 0 Å². The molecule has 0 saturated carbocycles. The van der Waals surface area contributed by atoms with Crippen LogP contribution in [0.1, 0.15) is 6.92 Å². The molecule has 0 aromatic carbocycles. The minimum atomic E-state index is 0.188. The zero-order valence-corrected chi connectivity index (χ0v) is 8.71. The number of rotatable bonds is 2. The molecule has 1 fully saturated rings. The van der Waals surface area contributed by atoms with Gasteiger partial charge in [0.2, 0.25) is 5.91 Å². The van der Waals surface area contributed by atoms with Gasteiger partial charge in [0.15, 0.2) is 0 Å². The Morgan fingerprint density at radius 2 is 2.31 bits per heavy atom. The van der Waals surface area contributed by atoms with Crippen LogP contribution in [0.15, 0.2) is 0 Å². The molecule has 0 bridgehead atoms. The smallest absolute Gasteiger partial charge is 0.219 e. The van der Waals surface area contributed by atoms with Crippen LogP contribution in [-0.4, -0.2) is 62.0 Å². The second-order valence-electron chi connectivity index (χ2n) is 3.83.